The highest BCUT2D eigenvalue weighted by molar-refractivity contribution is 5.94. The number of hydrogen-bond acceptors (Lipinski definition) is 3. The molecule has 0 bridgehead atoms. The molecule has 2 unspecified atom stereocenters. The van der Waals surface area contributed by atoms with Crippen molar-refractivity contribution in [2.75, 3.05) is 5.32 Å². The largest absolute Gasteiger partial charge is 0.481 e. The first kappa shape index (κ1) is 13.3. The maximum Gasteiger partial charge on any atom is 0.307 e. The Bertz CT molecular complexity index is 507. The first-order valence-electron chi connectivity index (χ1n) is 6.34. The van der Waals surface area contributed by atoms with E-state index in [1.165, 1.54) is 0 Å². The molecule has 19 heavy (non-hydrogen) atoms. The smallest absolute Gasteiger partial charge is 0.307 e. The van der Waals surface area contributed by atoms with E-state index < -0.39 is 17.8 Å². The normalized spacial score (nSPS) is 22.2. The molecule has 102 valence electrons. The maximum atomic E-state index is 12.1. The van der Waals surface area contributed by atoms with Crippen LogP contribution in [0.5, 0.6) is 0 Å². The van der Waals surface area contributed by atoms with Gasteiger partial charge < -0.3 is 10.4 Å². The first-order chi connectivity index (χ1) is 9.11. The van der Waals surface area contributed by atoms with Crippen molar-refractivity contribution >= 4 is 17.7 Å². The SMILES string of the molecule is CCc1cc(NC(=O)C2CC=CCC2C(=O)O)n[nH]1. The maximum absolute atomic E-state index is 12.1. The van der Waals surface area contributed by atoms with Crippen molar-refractivity contribution in [3.63, 3.8) is 0 Å². The summed E-state index contributed by atoms with van der Waals surface area (Å²) in [4.78, 5) is 23.3. The number of H-pyrrole nitrogens is 1. The molecule has 1 amide bonds. The van der Waals surface area contributed by atoms with Crippen molar-refractivity contribution < 1.29 is 14.7 Å². The summed E-state index contributed by atoms with van der Waals surface area (Å²) in [6, 6.07) is 1.76. The molecule has 0 spiro atoms. The Morgan fingerprint density at radius 1 is 1.42 bits per heavy atom. The van der Waals surface area contributed by atoms with Crippen molar-refractivity contribution in [2.45, 2.75) is 26.2 Å². The fourth-order valence-corrected chi connectivity index (χ4v) is 2.20. The number of aliphatic carboxylic acids is 1. The molecule has 1 aromatic heterocycles. The van der Waals surface area contributed by atoms with Crippen molar-refractivity contribution in [3.05, 3.63) is 23.9 Å². The van der Waals surface area contributed by atoms with Crippen LogP contribution in [0.1, 0.15) is 25.5 Å². The van der Waals surface area contributed by atoms with Gasteiger partial charge >= 0.3 is 5.97 Å². The second-order valence-electron chi connectivity index (χ2n) is 4.62. The van der Waals surface area contributed by atoms with Gasteiger partial charge in [0.1, 0.15) is 0 Å². The van der Waals surface area contributed by atoms with Crippen LogP contribution in [0.3, 0.4) is 0 Å². The second-order valence-corrected chi connectivity index (χ2v) is 4.62. The lowest BCUT2D eigenvalue weighted by Gasteiger charge is -2.23. The highest BCUT2D eigenvalue weighted by Gasteiger charge is 2.34. The van der Waals surface area contributed by atoms with Crippen LogP contribution >= 0.6 is 0 Å². The third kappa shape index (κ3) is 3.01. The number of carbonyl (C=O) groups excluding carboxylic acids is 1. The molecule has 0 saturated heterocycles. The number of allylic oxidation sites excluding steroid dienone is 2. The van der Waals surface area contributed by atoms with Gasteiger partial charge in [0.15, 0.2) is 5.82 Å². The quantitative estimate of drug-likeness (QED) is 0.719. The van der Waals surface area contributed by atoms with E-state index >= 15 is 0 Å². The van der Waals surface area contributed by atoms with Crippen LogP contribution in [-0.4, -0.2) is 27.2 Å². The molecule has 1 heterocycles. The molecule has 0 aliphatic heterocycles. The molecule has 1 aliphatic carbocycles. The number of carboxylic acid groups (broad SMARTS) is 1. The number of rotatable bonds is 4. The zero-order valence-electron chi connectivity index (χ0n) is 10.7. The minimum absolute atomic E-state index is 0.286. The number of hydrogen-bond donors (Lipinski definition) is 3. The topological polar surface area (TPSA) is 95.1 Å². The lowest BCUT2D eigenvalue weighted by molar-refractivity contribution is -0.146. The molecular formula is C13H17N3O3. The highest BCUT2D eigenvalue weighted by atomic mass is 16.4. The number of carboxylic acids is 1. The van der Waals surface area contributed by atoms with Gasteiger partial charge in [0.2, 0.25) is 5.91 Å². The summed E-state index contributed by atoms with van der Waals surface area (Å²) in [7, 11) is 0. The van der Waals surface area contributed by atoms with Gasteiger partial charge in [-0.3, -0.25) is 14.7 Å². The zero-order valence-corrected chi connectivity index (χ0v) is 10.7. The number of amides is 1. The second kappa shape index (κ2) is 5.69. The van der Waals surface area contributed by atoms with Gasteiger partial charge in [-0.2, -0.15) is 5.10 Å². The van der Waals surface area contributed by atoms with Gasteiger partial charge in [0, 0.05) is 11.8 Å². The Morgan fingerprint density at radius 3 is 2.68 bits per heavy atom. The molecule has 0 aromatic carbocycles. The standard InChI is InChI=1S/C13H17N3O3/c1-2-8-7-11(16-15-8)14-12(17)9-5-3-4-6-10(9)13(18)19/h3-4,7,9-10H,2,5-6H2,1H3,(H,18,19)(H2,14,15,16,17). The summed E-state index contributed by atoms with van der Waals surface area (Å²) in [5, 5.41) is 18.6. The molecule has 6 nitrogen and oxygen atoms in total. The molecule has 2 atom stereocenters. The Hall–Kier alpha value is -2.11. The first-order valence-corrected chi connectivity index (χ1v) is 6.34. The van der Waals surface area contributed by atoms with Crippen LogP contribution in [-0.2, 0) is 16.0 Å². The van der Waals surface area contributed by atoms with E-state index in [0.717, 1.165) is 12.1 Å². The summed E-state index contributed by atoms with van der Waals surface area (Å²) in [6.45, 7) is 1.98. The number of aromatic nitrogens is 2. The molecule has 0 fully saturated rings. The van der Waals surface area contributed by atoms with E-state index in [0.29, 0.717) is 18.7 Å². The van der Waals surface area contributed by atoms with E-state index in [1.807, 2.05) is 19.1 Å². The van der Waals surface area contributed by atoms with Crippen LogP contribution in [0.2, 0.25) is 0 Å². The Kier molecular flexibility index (Phi) is 3.99. The third-order valence-corrected chi connectivity index (χ3v) is 3.35. The Morgan fingerprint density at radius 2 is 2.11 bits per heavy atom. The molecule has 0 radical (unpaired) electrons. The van der Waals surface area contributed by atoms with Gasteiger partial charge in [-0.1, -0.05) is 19.1 Å². The Balaban J connectivity index is 2.05. The van der Waals surface area contributed by atoms with Crippen molar-refractivity contribution in [1.82, 2.24) is 10.2 Å². The average Bonchev–Trinajstić information content (AvgIpc) is 2.86. The van der Waals surface area contributed by atoms with Crippen molar-refractivity contribution in [1.29, 1.82) is 0 Å². The van der Waals surface area contributed by atoms with E-state index in [4.69, 9.17) is 5.11 Å². The van der Waals surface area contributed by atoms with Gasteiger partial charge in [-0.25, -0.2) is 0 Å². The van der Waals surface area contributed by atoms with Gasteiger partial charge in [0.25, 0.3) is 0 Å². The van der Waals surface area contributed by atoms with Crippen LogP contribution in [0.15, 0.2) is 18.2 Å². The molecule has 1 aliphatic rings. The average molecular weight is 263 g/mol. The fraction of sp³-hybridized carbons (Fsp3) is 0.462. The van der Waals surface area contributed by atoms with Crippen molar-refractivity contribution in [3.8, 4) is 0 Å². The Labute approximate surface area is 110 Å². The van der Waals surface area contributed by atoms with Gasteiger partial charge in [-0.15, -0.1) is 0 Å². The summed E-state index contributed by atoms with van der Waals surface area (Å²) < 4.78 is 0. The van der Waals surface area contributed by atoms with Crippen LogP contribution in [0.4, 0.5) is 5.82 Å². The van der Waals surface area contributed by atoms with E-state index in [9.17, 15) is 9.59 Å². The predicted octanol–water partition coefficient (Wildman–Crippen LogP) is 1.58. The minimum Gasteiger partial charge on any atom is -0.481 e. The lowest BCUT2D eigenvalue weighted by atomic mass is 9.82. The highest BCUT2D eigenvalue weighted by Crippen LogP contribution is 2.27. The molecule has 0 saturated carbocycles. The van der Waals surface area contributed by atoms with Gasteiger partial charge in [-0.05, 0) is 19.3 Å². The number of nitrogens with zero attached hydrogens (tertiary/aromatic N) is 1. The van der Waals surface area contributed by atoms with Crippen molar-refractivity contribution in [2.24, 2.45) is 11.8 Å². The summed E-state index contributed by atoms with van der Waals surface area (Å²) >= 11 is 0. The summed E-state index contributed by atoms with van der Waals surface area (Å²) in [6.07, 6.45) is 5.31. The van der Waals surface area contributed by atoms with E-state index in [2.05, 4.69) is 15.5 Å². The number of aryl methyl sites for hydroxylation is 1. The predicted molar refractivity (Wildman–Crippen MR) is 69.6 cm³/mol. The van der Waals surface area contributed by atoms with Gasteiger partial charge in [0.05, 0.1) is 11.8 Å². The van der Waals surface area contributed by atoms with E-state index in [1.54, 1.807) is 6.07 Å². The fourth-order valence-electron chi connectivity index (χ4n) is 2.20. The third-order valence-electron chi connectivity index (χ3n) is 3.35. The number of nitrogens with one attached hydrogen (secondary N) is 2. The summed E-state index contributed by atoms with van der Waals surface area (Å²) in [5.41, 5.74) is 0.925. The molecule has 3 N–H and O–H groups in total. The lowest BCUT2D eigenvalue weighted by Crippen LogP contribution is -2.34. The number of aromatic amines is 1. The van der Waals surface area contributed by atoms with Crippen LogP contribution in [0.25, 0.3) is 0 Å². The van der Waals surface area contributed by atoms with Crippen LogP contribution < -0.4 is 5.32 Å². The molecular weight excluding hydrogens is 246 g/mol. The van der Waals surface area contributed by atoms with Crippen LogP contribution in [0, 0.1) is 11.8 Å². The molecule has 6 heteroatoms. The molecule has 2 rings (SSSR count). The summed E-state index contributed by atoms with van der Waals surface area (Å²) in [5.74, 6) is -1.97. The number of anilines is 1. The minimum atomic E-state index is -0.930. The monoisotopic (exact) mass is 263 g/mol. The number of carbonyl (C=O) groups is 2. The van der Waals surface area contributed by atoms with E-state index in [-0.39, 0.29) is 5.91 Å². The zero-order chi connectivity index (χ0) is 13.8. The molecule has 1 aromatic rings.